The van der Waals surface area contributed by atoms with Gasteiger partial charge in [-0.05, 0) is 30.8 Å². The third-order valence-electron chi connectivity index (χ3n) is 1.68. The molecule has 0 amide bonds. The summed E-state index contributed by atoms with van der Waals surface area (Å²) in [5.74, 6) is -1.89. The Morgan fingerprint density at radius 3 is 2.56 bits per heavy atom. The largest absolute Gasteiger partial charge is 1.00 e. The van der Waals surface area contributed by atoms with Crippen molar-refractivity contribution < 1.29 is 39.8 Å². The van der Waals surface area contributed by atoms with Gasteiger partial charge < -0.3 is 6.74 Å². The van der Waals surface area contributed by atoms with Crippen LogP contribution in [0, 0.1) is 30.0 Å². The SMILES string of the molecule is Cc1cc(F)c(F)cc1NC(=S)NC#N.[H-].[Na+]. The van der Waals surface area contributed by atoms with Crippen molar-refractivity contribution in [3.05, 3.63) is 29.3 Å². The van der Waals surface area contributed by atoms with Crippen molar-refractivity contribution in [2.45, 2.75) is 6.92 Å². The molecule has 0 aliphatic carbocycles. The minimum atomic E-state index is -0.970. The second-order valence-electron chi connectivity index (χ2n) is 2.77. The number of nitriles is 1. The van der Waals surface area contributed by atoms with Crippen LogP contribution in [0.3, 0.4) is 0 Å². The molecule has 16 heavy (non-hydrogen) atoms. The zero-order valence-corrected chi connectivity index (χ0v) is 11.6. The van der Waals surface area contributed by atoms with Crippen LogP contribution in [0.2, 0.25) is 0 Å². The van der Waals surface area contributed by atoms with E-state index in [2.05, 4.69) is 10.6 Å². The van der Waals surface area contributed by atoms with Crippen LogP contribution in [-0.2, 0) is 0 Å². The fourth-order valence-electron chi connectivity index (χ4n) is 0.985. The van der Waals surface area contributed by atoms with Gasteiger partial charge in [0.15, 0.2) is 22.9 Å². The average molecular weight is 251 g/mol. The smallest absolute Gasteiger partial charge is 1.00 e. The standard InChI is InChI=1S/C9H7F2N3S.Na.H/c1-5-2-6(10)7(11)3-8(5)14-9(15)13-4-12;;/h2-3H,1H3,(H2,13,14,15);;/q;+1;-1. The topological polar surface area (TPSA) is 47.8 Å². The number of nitrogens with one attached hydrogen (secondary N) is 2. The Balaban J connectivity index is 0. The molecule has 0 spiro atoms. The monoisotopic (exact) mass is 251 g/mol. The number of halogens is 2. The van der Waals surface area contributed by atoms with Crippen LogP contribution in [0.4, 0.5) is 14.5 Å². The maximum atomic E-state index is 12.9. The molecular weight excluding hydrogens is 243 g/mol. The van der Waals surface area contributed by atoms with Gasteiger partial charge in [-0.3, -0.25) is 5.32 Å². The van der Waals surface area contributed by atoms with E-state index in [1.807, 2.05) is 0 Å². The fraction of sp³-hybridized carbons (Fsp3) is 0.111. The first-order chi connectivity index (χ1) is 7.04. The Kier molecular flexibility index (Phi) is 6.45. The molecule has 0 fully saturated rings. The summed E-state index contributed by atoms with van der Waals surface area (Å²) >= 11 is 4.71. The summed E-state index contributed by atoms with van der Waals surface area (Å²) < 4.78 is 25.6. The molecule has 3 nitrogen and oxygen atoms in total. The maximum absolute atomic E-state index is 12.9. The normalized spacial score (nSPS) is 8.62. The Morgan fingerprint density at radius 1 is 1.44 bits per heavy atom. The van der Waals surface area contributed by atoms with Gasteiger partial charge in [0, 0.05) is 11.8 Å². The van der Waals surface area contributed by atoms with Crippen molar-refractivity contribution in [2.24, 2.45) is 0 Å². The summed E-state index contributed by atoms with van der Waals surface area (Å²) in [6.07, 6.45) is 1.61. The first kappa shape index (κ1) is 15.3. The van der Waals surface area contributed by atoms with E-state index >= 15 is 0 Å². The van der Waals surface area contributed by atoms with Gasteiger partial charge in [0.2, 0.25) is 0 Å². The molecule has 0 aromatic heterocycles. The molecular formula is C9H8F2N3NaS. The minimum Gasteiger partial charge on any atom is -1.00 e. The van der Waals surface area contributed by atoms with E-state index in [1.54, 1.807) is 13.1 Å². The van der Waals surface area contributed by atoms with Crippen LogP contribution in [-0.4, -0.2) is 5.11 Å². The Hall–Kier alpha value is -0.740. The van der Waals surface area contributed by atoms with Gasteiger partial charge in [-0.1, -0.05) is 0 Å². The summed E-state index contributed by atoms with van der Waals surface area (Å²) in [5.41, 5.74) is 0.817. The number of aryl methyl sites for hydroxylation is 1. The quantitative estimate of drug-likeness (QED) is 0.296. The van der Waals surface area contributed by atoms with Crippen LogP contribution >= 0.6 is 12.2 Å². The van der Waals surface area contributed by atoms with Crippen LogP contribution in [0.25, 0.3) is 0 Å². The van der Waals surface area contributed by atoms with E-state index in [-0.39, 0.29) is 36.1 Å². The molecule has 0 heterocycles. The molecule has 0 bridgehead atoms. The fourth-order valence-corrected chi connectivity index (χ4v) is 1.14. The van der Waals surface area contributed by atoms with Crippen LogP contribution in [0.15, 0.2) is 12.1 Å². The minimum absolute atomic E-state index is 0. The molecule has 0 saturated carbocycles. The molecule has 0 saturated heterocycles. The zero-order chi connectivity index (χ0) is 11.4. The molecule has 2 N–H and O–H groups in total. The number of nitrogens with zero attached hydrogens (tertiary/aromatic N) is 1. The molecule has 80 valence electrons. The molecule has 0 radical (unpaired) electrons. The van der Waals surface area contributed by atoms with Crippen molar-refractivity contribution in [1.82, 2.24) is 5.32 Å². The van der Waals surface area contributed by atoms with Crippen molar-refractivity contribution in [3.63, 3.8) is 0 Å². The number of rotatable bonds is 1. The maximum Gasteiger partial charge on any atom is 1.00 e. The van der Waals surface area contributed by atoms with Gasteiger partial charge in [0.25, 0.3) is 0 Å². The number of thiocarbonyl (C=S) groups is 1. The summed E-state index contributed by atoms with van der Waals surface area (Å²) in [7, 11) is 0. The van der Waals surface area contributed by atoms with Gasteiger partial charge >= 0.3 is 29.6 Å². The summed E-state index contributed by atoms with van der Waals surface area (Å²) in [6.45, 7) is 1.60. The van der Waals surface area contributed by atoms with Crippen LogP contribution in [0.1, 0.15) is 6.99 Å². The second-order valence-corrected chi connectivity index (χ2v) is 3.18. The van der Waals surface area contributed by atoms with Gasteiger partial charge in [-0.25, -0.2) is 8.78 Å². The van der Waals surface area contributed by atoms with Gasteiger partial charge in [-0.2, -0.15) is 5.26 Å². The van der Waals surface area contributed by atoms with Gasteiger partial charge in [-0.15, -0.1) is 0 Å². The molecule has 0 atom stereocenters. The molecule has 1 aromatic carbocycles. The third kappa shape index (κ3) is 4.02. The van der Waals surface area contributed by atoms with Gasteiger partial charge in [0.05, 0.1) is 0 Å². The molecule has 1 aromatic rings. The summed E-state index contributed by atoms with van der Waals surface area (Å²) in [4.78, 5) is 0. The first-order valence-corrected chi connectivity index (χ1v) is 4.37. The van der Waals surface area contributed by atoms with Crippen molar-refractivity contribution in [3.8, 4) is 6.19 Å². The van der Waals surface area contributed by atoms with E-state index < -0.39 is 11.6 Å². The number of benzene rings is 1. The molecule has 7 heteroatoms. The third-order valence-corrected chi connectivity index (χ3v) is 1.89. The van der Waals surface area contributed by atoms with E-state index in [1.165, 1.54) is 0 Å². The molecule has 0 aliphatic heterocycles. The summed E-state index contributed by atoms with van der Waals surface area (Å²) in [5, 5.41) is 13.0. The van der Waals surface area contributed by atoms with Crippen molar-refractivity contribution in [1.29, 1.82) is 5.26 Å². The summed E-state index contributed by atoms with van der Waals surface area (Å²) in [6, 6.07) is 2.03. The predicted octanol–water partition coefficient (Wildman–Crippen LogP) is -0.843. The van der Waals surface area contributed by atoms with E-state index in [9.17, 15) is 8.78 Å². The average Bonchev–Trinajstić information content (AvgIpc) is 2.14. The number of hydrogen-bond acceptors (Lipinski definition) is 2. The Bertz CT molecular complexity index is 451. The van der Waals surface area contributed by atoms with Crippen molar-refractivity contribution in [2.75, 3.05) is 5.32 Å². The van der Waals surface area contributed by atoms with E-state index in [0.29, 0.717) is 11.3 Å². The molecule has 0 unspecified atom stereocenters. The number of hydrogen-bond donors (Lipinski definition) is 2. The Labute approximate surface area is 121 Å². The second kappa shape index (κ2) is 6.76. The van der Waals surface area contributed by atoms with Crippen LogP contribution < -0.4 is 40.2 Å². The molecule has 1 rings (SSSR count). The van der Waals surface area contributed by atoms with Crippen LogP contribution in [0.5, 0.6) is 0 Å². The van der Waals surface area contributed by atoms with Gasteiger partial charge in [0.1, 0.15) is 0 Å². The predicted molar refractivity (Wildman–Crippen MR) is 57.2 cm³/mol. The number of anilines is 1. The van der Waals surface area contributed by atoms with E-state index in [0.717, 1.165) is 12.1 Å². The zero-order valence-electron chi connectivity index (χ0n) is 9.77. The first-order valence-electron chi connectivity index (χ1n) is 3.96. The Morgan fingerprint density at radius 2 is 2.00 bits per heavy atom. The van der Waals surface area contributed by atoms with E-state index in [4.69, 9.17) is 17.5 Å². The van der Waals surface area contributed by atoms with Crippen molar-refractivity contribution >= 4 is 23.0 Å². The molecule has 0 aliphatic rings.